The van der Waals surface area contributed by atoms with Crippen LogP contribution in [0.1, 0.15) is 19.3 Å². The van der Waals surface area contributed by atoms with Gasteiger partial charge in [0.15, 0.2) is 0 Å². The highest BCUT2D eigenvalue weighted by Gasteiger charge is 2.23. The molecule has 1 aliphatic heterocycles. The number of nitrogens with one attached hydrogen (secondary N) is 1. The van der Waals surface area contributed by atoms with Crippen LogP contribution in [0.3, 0.4) is 0 Å². The first kappa shape index (κ1) is 13.6. The SMILES string of the molecule is Fc1ccc(N2CC[NH+](C[C@H]3CC=CCC3)CC2)cc1. The number of anilines is 1. The second-order valence-corrected chi connectivity index (χ2v) is 6.07. The molecule has 0 bridgehead atoms. The Balaban J connectivity index is 1.49. The van der Waals surface area contributed by atoms with Gasteiger partial charge < -0.3 is 9.80 Å². The molecule has 3 rings (SSSR count). The van der Waals surface area contributed by atoms with Crippen molar-refractivity contribution >= 4 is 5.69 Å². The van der Waals surface area contributed by atoms with Gasteiger partial charge in [0.2, 0.25) is 0 Å². The Morgan fingerprint density at radius 1 is 1.10 bits per heavy atom. The van der Waals surface area contributed by atoms with Gasteiger partial charge in [0.25, 0.3) is 0 Å². The lowest BCUT2D eigenvalue weighted by Crippen LogP contribution is -3.15. The van der Waals surface area contributed by atoms with Crippen molar-refractivity contribution in [3.8, 4) is 0 Å². The molecule has 1 heterocycles. The van der Waals surface area contributed by atoms with Gasteiger partial charge >= 0.3 is 0 Å². The van der Waals surface area contributed by atoms with Crippen molar-refractivity contribution in [2.75, 3.05) is 37.6 Å². The van der Waals surface area contributed by atoms with E-state index in [4.69, 9.17) is 0 Å². The van der Waals surface area contributed by atoms with Crippen molar-refractivity contribution in [3.63, 3.8) is 0 Å². The first-order chi connectivity index (χ1) is 9.81. The molecule has 0 unspecified atom stereocenters. The van der Waals surface area contributed by atoms with Crippen molar-refractivity contribution in [2.24, 2.45) is 5.92 Å². The number of piperazine rings is 1. The van der Waals surface area contributed by atoms with Crippen LogP contribution in [0.15, 0.2) is 36.4 Å². The van der Waals surface area contributed by atoms with E-state index in [0.717, 1.165) is 24.7 Å². The van der Waals surface area contributed by atoms with E-state index < -0.39 is 0 Å². The average molecular weight is 275 g/mol. The zero-order valence-corrected chi connectivity index (χ0v) is 12.0. The number of allylic oxidation sites excluding steroid dienone is 2. The fourth-order valence-corrected chi connectivity index (χ4v) is 3.39. The molecule has 0 amide bonds. The van der Waals surface area contributed by atoms with E-state index >= 15 is 0 Å². The lowest BCUT2D eigenvalue weighted by molar-refractivity contribution is -0.904. The van der Waals surface area contributed by atoms with Gasteiger partial charge in [-0.05, 0) is 43.5 Å². The first-order valence-electron chi connectivity index (χ1n) is 7.80. The van der Waals surface area contributed by atoms with Gasteiger partial charge in [0, 0.05) is 11.6 Å². The summed E-state index contributed by atoms with van der Waals surface area (Å²) in [5.74, 6) is 0.732. The lowest BCUT2D eigenvalue weighted by atomic mass is 9.94. The highest BCUT2D eigenvalue weighted by atomic mass is 19.1. The minimum Gasteiger partial charge on any atom is -0.360 e. The summed E-state index contributed by atoms with van der Waals surface area (Å²) in [5.41, 5.74) is 1.16. The molecule has 2 aliphatic rings. The van der Waals surface area contributed by atoms with E-state index in [2.05, 4.69) is 17.1 Å². The summed E-state index contributed by atoms with van der Waals surface area (Å²) in [6, 6.07) is 6.91. The molecule has 0 radical (unpaired) electrons. The van der Waals surface area contributed by atoms with Gasteiger partial charge in [0.05, 0.1) is 32.7 Å². The molecule has 20 heavy (non-hydrogen) atoms. The zero-order chi connectivity index (χ0) is 13.8. The van der Waals surface area contributed by atoms with Crippen LogP contribution in [0.5, 0.6) is 0 Å². The minimum absolute atomic E-state index is 0.150. The molecule has 0 saturated carbocycles. The van der Waals surface area contributed by atoms with E-state index in [-0.39, 0.29) is 5.82 Å². The first-order valence-corrected chi connectivity index (χ1v) is 7.80. The van der Waals surface area contributed by atoms with Crippen LogP contribution in [0.2, 0.25) is 0 Å². The lowest BCUT2D eigenvalue weighted by Gasteiger charge is -2.35. The molecule has 1 atom stereocenters. The number of benzene rings is 1. The molecule has 1 fully saturated rings. The van der Waals surface area contributed by atoms with Gasteiger partial charge in [-0.2, -0.15) is 0 Å². The van der Waals surface area contributed by atoms with Gasteiger partial charge in [-0.1, -0.05) is 12.2 Å². The standard InChI is InChI=1S/C17H23FN2/c18-16-6-8-17(9-7-16)20-12-10-19(11-13-20)14-15-4-2-1-3-5-15/h1-2,6-9,15H,3-5,10-14H2/p+1/t15-/m0/s1. The summed E-state index contributed by atoms with van der Waals surface area (Å²) in [7, 11) is 0. The van der Waals surface area contributed by atoms with Crippen molar-refractivity contribution < 1.29 is 9.29 Å². The summed E-state index contributed by atoms with van der Waals surface area (Å²) >= 11 is 0. The Labute approximate surface area is 120 Å². The smallest absolute Gasteiger partial charge is 0.123 e. The van der Waals surface area contributed by atoms with Gasteiger partial charge in [-0.25, -0.2) is 4.39 Å². The van der Waals surface area contributed by atoms with E-state index in [1.807, 2.05) is 12.1 Å². The van der Waals surface area contributed by atoms with Crippen LogP contribution in [-0.4, -0.2) is 32.7 Å². The summed E-state index contributed by atoms with van der Waals surface area (Å²) in [6.45, 7) is 5.91. The average Bonchev–Trinajstić information content (AvgIpc) is 2.50. The molecular weight excluding hydrogens is 251 g/mol. The predicted octanol–water partition coefficient (Wildman–Crippen LogP) is 1.89. The Hall–Kier alpha value is -1.35. The molecule has 3 heteroatoms. The third-order valence-electron chi connectivity index (χ3n) is 4.62. The molecule has 1 aromatic carbocycles. The van der Waals surface area contributed by atoms with Crippen LogP contribution in [0.4, 0.5) is 10.1 Å². The van der Waals surface area contributed by atoms with E-state index in [0.29, 0.717) is 0 Å². The molecule has 1 aromatic rings. The zero-order valence-electron chi connectivity index (χ0n) is 12.0. The van der Waals surface area contributed by atoms with Crippen LogP contribution in [0.25, 0.3) is 0 Å². The molecule has 0 spiro atoms. The Morgan fingerprint density at radius 2 is 1.85 bits per heavy atom. The van der Waals surface area contributed by atoms with Crippen LogP contribution in [-0.2, 0) is 0 Å². The monoisotopic (exact) mass is 275 g/mol. The van der Waals surface area contributed by atoms with Gasteiger partial charge in [0.1, 0.15) is 5.82 Å². The topological polar surface area (TPSA) is 7.68 Å². The maximum absolute atomic E-state index is 12.9. The highest BCUT2D eigenvalue weighted by molar-refractivity contribution is 5.46. The third kappa shape index (κ3) is 3.40. The number of halogens is 1. The largest absolute Gasteiger partial charge is 0.360 e. The van der Waals surface area contributed by atoms with E-state index in [1.165, 1.54) is 38.9 Å². The van der Waals surface area contributed by atoms with E-state index in [9.17, 15) is 4.39 Å². The summed E-state index contributed by atoms with van der Waals surface area (Å²) < 4.78 is 12.9. The minimum atomic E-state index is -0.150. The Kier molecular flexibility index (Phi) is 4.36. The number of hydrogen-bond acceptors (Lipinski definition) is 1. The molecular formula is C17H24FN2+. The number of rotatable bonds is 3. The molecule has 1 saturated heterocycles. The maximum atomic E-state index is 12.9. The molecule has 1 N–H and O–H groups in total. The van der Waals surface area contributed by atoms with Gasteiger partial charge in [-0.15, -0.1) is 0 Å². The molecule has 0 aromatic heterocycles. The second kappa shape index (κ2) is 6.40. The van der Waals surface area contributed by atoms with E-state index in [1.54, 1.807) is 17.0 Å². The van der Waals surface area contributed by atoms with Crippen molar-refractivity contribution in [2.45, 2.75) is 19.3 Å². The molecule has 108 valence electrons. The summed E-state index contributed by atoms with van der Waals surface area (Å²) in [6.07, 6.45) is 8.56. The predicted molar refractivity (Wildman–Crippen MR) is 80.7 cm³/mol. The van der Waals surface area contributed by atoms with Crippen LogP contribution >= 0.6 is 0 Å². The number of hydrogen-bond donors (Lipinski definition) is 1. The van der Waals surface area contributed by atoms with Crippen LogP contribution < -0.4 is 9.80 Å². The Morgan fingerprint density at radius 3 is 2.50 bits per heavy atom. The summed E-state index contributed by atoms with van der Waals surface area (Å²) in [4.78, 5) is 4.12. The van der Waals surface area contributed by atoms with Gasteiger partial charge in [-0.3, -0.25) is 0 Å². The second-order valence-electron chi connectivity index (χ2n) is 6.07. The van der Waals surface area contributed by atoms with Crippen LogP contribution in [0, 0.1) is 11.7 Å². The quantitative estimate of drug-likeness (QED) is 0.828. The maximum Gasteiger partial charge on any atom is 0.123 e. The number of nitrogens with zero attached hydrogens (tertiary/aromatic N) is 1. The normalized spacial score (nSPS) is 24.1. The highest BCUT2D eigenvalue weighted by Crippen LogP contribution is 2.17. The third-order valence-corrected chi connectivity index (χ3v) is 4.62. The Bertz CT molecular complexity index is 447. The van der Waals surface area contributed by atoms with Crippen molar-refractivity contribution in [1.82, 2.24) is 0 Å². The molecule has 1 aliphatic carbocycles. The fourth-order valence-electron chi connectivity index (χ4n) is 3.39. The fraction of sp³-hybridized carbons (Fsp3) is 0.529. The van der Waals surface area contributed by atoms with Crippen molar-refractivity contribution in [1.29, 1.82) is 0 Å². The summed E-state index contributed by atoms with van der Waals surface area (Å²) in [5, 5.41) is 0. The number of quaternary nitrogens is 1. The van der Waals surface area contributed by atoms with Crippen molar-refractivity contribution in [3.05, 3.63) is 42.2 Å². The molecule has 2 nitrogen and oxygen atoms in total.